The summed E-state index contributed by atoms with van der Waals surface area (Å²) in [5.41, 5.74) is 1.10. The van der Waals surface area contributed by atoms with Crippen LogP contribution >= 0.6 is 0 Å². The molecule has 0 spiro atoms. The molecule has 0 bridgehead atoms. The molecule has 2 aliphatic heterocycles. The molecule has 1 atom stereocenters. The number of amides is 2. The summed E-state index contributed by atoms with van der Waals surface area (Å²) in [7, 11) is 1.91. The molecule has 27 heavy (non-hydrogen) atoms. The molecule has 2 aromatic heterocycles. The van der Waals surface area contributed by atoms with Crippen molar-refractivity contribution in [3.63, 3.8) is 0 Å². The number of carbonyl (C=O) groups excluding carboxylic acids is 1. The summed E-state index contributed by atoms with van der Waals surface area (Å²) < 4.78 is 12.5. The molecule has 10 nitrogen and oxygen atoms in total. The maximum Gasteiger partial charge on any atom is 0.317 e. The third-order valence-electron chi connectivity index (χ3n) is 4.95. The number of ether oxygens (including phenoxy) is 1. The highest BCUT2D eigenvalue weighted by Crippen LogP contribution is 2.20. The van der Waals surface area contributed by atoms with Gasteiger partial charge < -0.3 is 24.4 Å². The van der Waals surface area contributed by atoms with Gasteiger partial charge in [-0.15, -0.1) is 0 Å². The van der Waals surface area contributed by atoms with Gasteiger partial charge in [-0.05, 0) is 19.8 Å². The van der Waals surface area contributed by atoms with Crippen molar-refractivity contribution >= 4 is 11.7 Å². The fourth-order valence-corrected chi connectivity index (χ4v) is 3.46. The monoisotopic (exact) mass is 375 g/mol. The predicted molar refractivity (Wildman–Crippen MR) is 96.2 cm³/mol. The third-order valence-corrected chi connectivity index (χ3v) is 4.95. The van der Waals surface area contributed by atoms with E-state index < -0.39 is 0 Å². The second-order valence-electron chi connectivity index (χ2n) is 7.18. The minimum Gasteiger partial charge on any atom is -0.367 e. The molecule has 4 rings (SSSR count). The van der Waals surface area contributed by atoms with Crippen LogP contribution in [0, 0.1) is 6.92 Å². The minimum absolute atomic E-state index is 0.0150. The summed E-state index contributed by atoms with van der Waals surface area (Å²) in [5, 5.41) is 11.1. The molecule has 146 valence electrons. The topological polar surface area (TPSA) is 102 Å². The van der Waals surface area contributed by atoms with Gasteiger partial charge >= 0.3 is 6.03 Å². The van der Waals surface area contributed by atoms with Crippen LogP contribution in [0.2, 0.25) is 0 Å². The first-order chi connectivity index (χ1) is 13.1. The van der Waals surface area contributed by atoms with Crippen LogP contribution in [0.1, 0.15) is 24.6 Å². The van der Waals surface area contributed by atoms with Crippen molar-refractivity contribution < 1.29 is 14.1 Å². The standard InChI is InChI=1S/C17H25N7O3/c1-12-19-16(27-21-12)11-26-15-9-24(10-15)17(25)20-13-4-3-5-23(7-13)14-6-18-22(2)8-14/h6,8,13,15H,3-5,7,9-11H2,1-2H3,(H,20,25). The van der Waals surface area contributed by atoms with E-state index in [1.807, 2.05) is 19.4 Å². The van der Waals surface area contributed by atoms with Gasteiger partial charge in [-0.3, -0.25) is 4.68 Å². The quantitative estimate of drug-likeness (QED) is 0.820. The number of carbonyl (C=O) groups is 1. The predicted octanol–water partition coefficient (Wildman–Crippen LogP) is 0.691. The number of hydrogen-bond donors (Lipinski definition) is 1. The normalized spacial score (nSPS) is 20.6. The molecule has 2 fully saturated rings. The number of hydrogen-bond acceptors (Lipinski definition) is 7. The third kappa shape index (κ3) is 4.21. The van der Waals surface area contributed by atoms with Crippen LogP contribution in [0.15, 0.2) is 16.9 Å². The number of rotatable bonds is 5. The lowest BCUT2D eigenvalue weighted by Gasteiger charge is -2.40. The number of urea groups is 1. The Bertz CT molecular complexity index is 783. The summed E-state index contributed by atoms with van der Waals surface area (Å²) in [5.74, 6) is 1.06. The maximum absolute atomic E-state index is 12.4. The molecular weight excluding hydrogens is 350 g/mol. The van der Waals surface area contributed by atoms with Crippen molar-refractivity contribution in [3.8, 4) is 0 Å². The van der Waals surface area contributed by atoms with E-state index in [1.165, 1.54) is 0 Å². The van der Waals surface area contributed by atoms with E-state index in [1.54, 1.807) is 16.5 Å². The smallest absolute Gasteiger partial charge is 0.317 e. The molecule has 0 aliphatic carbocycles. The Balaban J connectivity index is 1.19. The van der Waals surface area contributed by atoms with E-state index in [2.05, 4.69) is 25.5 Å². The lowest BCUT2D eigenvalue weighted by atomic mass is 10.1. The molecule has 0 radical (unpaired) electrons. The Morgan fingerprint density at radius 2 is 2.26 bits per heavy atom. The summed E-state index contributed by atoms with van der Waals surface area (Å²) in [6.45, 7) is 5.01. The van der Waals surface area contributed by atoms with E-state index in [9.17, 15) is 4.79 Å². The average Bonchev–Trinajstić information content (AvgIpc) is 3.22. The Morgan fingerprint density at radius 1 is 1.41 bits per heavy atom. The highest BCUT2D eigenvalue weighted by molar-refractivity contribution is 5.75. The van der Waals surface area contributed by atoms with Gasteiger partial charge in [-0.2, -0.15) is 10.1 Å². The minimum atomic E-state index is -0.0264. The molecule has 0 saturated carbocycles. The largest absolute Gasteiger partial charge is 0.367 e. The summed E-state index contributed by atoms with van der Waals surface area (Å²) in [6, 6.07) is 0.120. The number of aryl methyl sites for hydroxylation is 2. The van der Waals surface area contributed by atoms with Crippen molar-refractivity contribution in [2.45, 2.75) is 38.5 Å². The molecule has 2 saturated heterocycles. The zero-order chi connectivity index (χ0) is 18.8. The van der Waals surface area contributed by atoms with Gasteiger partial charge in [0.2, 0.25) is 0 Å². The molecule has 2 aliphatic rings. The summed E-state index contributed by atoms with van der Waals surface area (Å²) in [4.78, 5) is 20.6. The maximum atomic E-state index is 12.4. The highest BCUT2D eigenvalue weighted by atomic mass is 16.5. The first-order valence-corrected chi connectivity index (χ1v) is 9.26. The molecule has 4 heterocycles. The number of likely N-dealkylation sites (tertiary alicyclic amines) is 1. The van der Waals surface area contributed by atoms with Crippen molar-refractivity contribution in [1.82, 2.24) is 30.1 Å². The van der Waals surface area contributed by atoms with E-state index in [0.717, 1.165) is 31.6 Å². The number of aromatic nitrogens is 4. The van der Waals surface area contributed by atoms with Gasteiger partial charge in [-0.25, -0.2) is 4.79 Å². The second kappa shape index (κ2) is 7.55. The van der Waals surface area contributed by atoms with Crippen LogP contribution in [0.5, 0.6) is 0 Å². The number of nitrogens with zero attached hydrogens (tertiary/aromatic N) is 6. The van der Waals surface area contributed by atoms with Crippen LogP contribution in [0.3, 0.4) is 0 Å². The lowest BCUT2D eigenvalue weighted by Crippen LogP contribution is -2.60. The summed E-state index contributed by atoms with van der Waals surface area (Å²) >= 11 is 0. The lowest BCUT2D eigenvalue weighted by molar-refractivity contribution is -0.0519. The molecule has 1 N–H and O–H groups in total. The number of nitrogens with one attached hydrogen (secondary N) is 1. The molecular formula is C17H25N7O3. The fraction of sp³-hybridized carbons (Fsp3) is 0.647. The Labute approximate surface area is 157 Å². The van der Waals surface area contributed by atoms with Crippen molar-refractivity contribution in [2.75, 3.05) is 31.1 Å². The van der Waals surface area contributed by atoms with E-state index in [-0.39, 0.29) is 24.8 Å². The first-order valence-electron chi connectivity index (χ1n) is 9.26. The van der Waals surface area contributed by atoms with Crippen LogP contribution in [-0.2, 0) is 18.4 Å². The first kappa shape index (κ1) is 17.8. The molecule has 1 unspecified atom stereocenters. The number of anilines is 1. The van der Waals surface area contributed by atoms with E-state index >= 15 is 0 Å². The van der Waals surface area contributed by atoms with E-state index in [4.69, 9.17) is 9.26 Å². The molecule has 2 aromatic rings. The number of piperidine rings is 1. The van der Waals surface area contributed by atoms with Crippen molar-refractivity contribution in [2.24, 2.45) is 7.05 Å². The SMILES string of the molecule is Cc1noc(COC2CN(C(=O)NC3CCCN(c4cnn(C)c4)C3)C2)n1. The molecule has 10 heteroatoms. The second-order valence-corrected chi connectivity index (χ2v) is 7.18. The average molecular weight is 375 g/mol. The van der Waals surface area contributed by atoms with Crippen LogP contribution in [0.25, 0.3) is 0 Å². The van der Waals surface area contributed by atoms with Crippen molar-refractivity contribution in [1.29, 1.82) is 0 Å². The van der Waals surface area contributed by atoms with Gasteiger partial charge in [0.1, 0.15) is 6.61 Å². The Kier molecular flexibility index (Phi) is 4.97. The van der Waals surface area contributed by atoms with Gasteiger partial charge in [0, 0.05) is 32.4 Å². The fourth-order valence-electron chi connectivity index (χ4n) is 3.46. The Hall–Kier alpha value is -2.62. The van der Waals surface area contributed by atoms with Gasteiger partial charge in [0.05, 0.1) is 31.1 Å². The molecule has 2 amide bonds. The Morgan fingerprint density at radius 3 is 2.96 bits per heavy atom. The van der Waals surface area contributed by atoms with Crippen LogP contribution < -0.4 is 10.2 Å². The summed E-state index contributed by atoms with van der Waals surface area (Å²) in [6.07, 6.45) is 5.93. The van der Waals surface area contributed by atoms with Gasteiger partial charge in [-0.1, -0.05) is 5.16 Å². The van der Waals surface area contributed by atoms with Gasteiger partial charge in [0.25, 0.3) is 5.89 Å². The zero-order valence-corrected chi connectivity index (χ0v) is 15.7. The van der Waals surface area contributed by atoms with Crippen LogP contribution in [0.4, 0.5) is 10.5 Å². The van der Waals surface area contributed by atoms with Gasteiger partial charge in [0.15, 0.2) is 5.82 Å². The molecule has 0 aromatic carbocycles. The zero-order valence-electron chi connectivity index (χ0n) is 15.7. The van der Waals surface area contributed by atoms with E-state index in [0.29, 0.717) is 24.8 Å². The van der Waals surface area contributed by atoms with Crippen LogP contribution in [-0.4, -0.2) is 69.2 Å². The highest BCUT2D eigenvalue weighted by Gasteiger charge is 2.33. The van der Waals surface area contributed by atoms with Crippen molar-refractivity contribution in [3.05, 3.63) is 24.1 Å².